The zero-order valence-corrected chi connectivity index (χ0v) is 20.5. The molecule has 3 aliphatic rings. The first kappa shape index (κ1) is 21.0. The number of aromatic nitrogens is 4. The quantitative estimate of drug-likeness (QED) is 0.631. The molecule has 1 saturated heterocycles. The van der Waals surface area contributed by atoms with Gasteiger partial charge in [-0.25, -0.2) is 15.0 Å². The Hall–Kier alpha value is -1.84. The van der Waals surface area contributed by atoms with Crippen LogP contribution in [0.5, 0.6) is 0 Å². The molecule has 5 heterocycles. The van der Waals surface area contributed by atoms with E-state index in [1.165, 1.54) is 12.1 Å². The Labute approximate surface area is 191 Å². The third-order valence-corrected chi connectivity index (χ3v) is 11.3. The van der Waals surface area contributed by atoms with Crippen molar-refractivity contribution in [3.05, 3.63) is 35.0 Å². The summed E-state index contributed by atoms with van der Waals surface area (Å²) in [6.45, 7) is 8.46. The molecular formula is C21H27ClN6OSSi. The van der Waals surface area contributed by atoms with E-state index < -0.39 is 18.9 Å². The second-order valence-corrected chi connectivity index (χ2v) is 16.5. The van der Waals surface area contributed by atoms with Crippen LogP contribution in [0.2, 0.25) is 30.2 Å². The molecule has 3 aliphatic heterocycles. The highest BCUT2D eigenvalue weighted by atomic mass is 35.5. The Morgan fingerprint density at radius 3 is 2.45 bits per heavy atom. The number of halogens is 1. The van der Waals surface area contributed by atoms with Crippen LogP contribution in [0.15, 0.2) is 23.4 Å². The molecule has 1 atom stereocenters. The van der Waals surface area contributed by atoms with Crippen LogP contribution in [0.4, 0.5) is 11.8 Å². The van der Waals surface area contributed by atoms with Crippen molar-refractivity contribution in [2.45, 2.75) is 42.9 Å². The summed E-state index contributed by atoms with van der Waals surface area (Å²) in [4.78, 5) is 24.0. The molecule has 10 heteroatoms. The molecule has 7 nitrogen and oxygen atoms in total. The van der Waals surface area contributed by atoms with Gasteiger partial charge in [0.1, 0.15) is 4.90 Å². The van der Waals surface area contributed by atoms with Crippen LogP contribution in [0.3, 0.4) is 0 Å². The van der Waals surface area contributed by atoms with Gasteiger partial charge in [-0.1, -0.05) is 30.8 Å². The molecule has 0 unspecified atom stereocenters. The topological polar surface area (TPSA) is 75.1 Å². The number of hydrogen-bond donors (Lipinski definition) is 0. The lowest BCUT2D eigenvalue weighted by Crippen LogP contribution is -2.43. The predicted octanol–water partition coefficient (Wildman–Crippen LogP) is 3.41. The third kappa shape index (κ3) is 4.27. The van der Waals surface area contributed by atoms with E-state index in [4.69, 9.17) is 21.6 Å². The van der Waals surface area contributed by atoms with Gasteiger partial charge in [-0.15, -0.1) is 0 Å². The molecule has 0 spiro atoms. The Balaban J connectivity index is 1.42. The highest BCUT2D eigenvalue weighted by Crippen LogP contribution is 2.35. The molecule has 2 aromatic rings. The molecule has 2 aromatic heterocycles. The number of hydrogen-bond acceptors (Lipinski definition) is 7. The van der Waals surface area contributed by atoms with Gasteiger partial charge in [0.05, 0.1) is 29.6 Å². The van der Waals surface area contributed by atoms with Crippen LogP contribution in [0, 0.1) is 0 Å². The minimum absolute atomic E-state index is 0.544. The Kier molecular flexibility index (Phi) is 5.60. The average Bonchev–Trinajstić information content (AvgIpc) is 3.15. The second-order valence-electron chi connectivity index (χ2n) is 9.22. The van der Waals surface area contributed by atoms with Crippen LogP contribution in [-0.4, -0.2) is 64.2 Å². The molecule has 0 N–H and O–H groups in total. The average molecular weight is 475 g/mol. The number of fused-ring (bicyclic) bond motifs is 1. The zero-order chi connectivity index (χ0) is 21.6. The van der Waals surface area contributed by atoms with E-state index in [1.54, 1.807) is 12.4 Å². The fourth-order valence-corrected chi connectivity index (χ4v) is 7.85. The standard InChI is InChI=1S/C21H27ClN6OSSi/c1-31(2)11-8-27(9-12-31)20-18-17(5-10-30(18)29)25-21(26-20)28-6-3-15(4-7-28)19-23-13-16(22)14-24-19/h3,13-14H,4-12H2,1-2H3/t30-/m0/s1. The van der Waals surface area contributed by atoms with E-state index in [-0.39, 0.29) is 0 Å². The minimum Gasteiger partial charge on any atom is -0.356 e. The van der Waals surface area contributed by atoms with Crippen LogP contribution >= 0.6 is 11.6 Å². The molecule has 31 heavy (non-hydrogen) atoms. The molecule has 0 radical (unpaired) electrons. The second kappa shape index (κ2) is 8.25. The van der Waals surface area contributed by atoms with Crippen molar-refractivity contribution < 1.29 is 4.21 Å². The molecule has 0 bridgehead atoms. The smallest absolute Gasteiger partial charge is 0.227 e. The van der Waals surface area contributed by atoms with Gasteiger partial charge in [0.25, 0.3) is 0 Å². The first-order valence-corrected chi connectivity index (χ1v) is 16.0. The van der Waals surface area contributed by atoms with Crippen LogP contribution in [-0.2, 0) is 17.2 Å². The summed E-state index contributed by atoms with van der Waals surface area (Å²) in [6.07, 6.45) is 7.01. The number of nitrogens with zero attached hydrogens (tertiary/aromatic N) is 6. The highest BCUT2D eigenvalue weighted by molar-refractivity contribution is 7.85. The van der Waals surface area contributed by atoms with Crippen molar-refractivity contribution in [1.82, 2.24) is 19.9 Å². The van der Waals surface area contributed by atoms with E-state index in [9.17, 15) is 4.21 Å². The summed E-state index contributed by atoms with van der Waals surface area (Å²) in [7, 11) is -2.09. The van der Waals surface area contributed by atoms with Crippen molar-refractivity contribution >= 4 is 47.8 Å². The molecule has 5 rings (SSSR count). The van der Waals surface area contributed by atoms with Crippen LogP contribution in [0.1, 0.15) is 17.9 Å². The maximum Gasteiger partial charge on any atom is 0.227 e. The molecule has 164 valence electrons. The van der Waals surface area contributed by atoms with Crippen LogP contribution < -0.4 is 9.80 Å². The van der Waals surface area contributed by atoms with Crippen molar-refractivity contribution in [3.63, 3.8) is 0 Å². The van der Waals surface area contributed by atoms with E-state index in [0.29, 0.717) is 17.3 Å². The lowest BCUT2D eigenvalue weighted by atomic mass is 10.1. The molecular weight excluding hydrogens is 448 g/mol. The first-order valence-electron chi connectivity index (χ1n) is 10.9. The minimum atomic E-state index is -1.10. The fourth-order valence-electron chi connectivity index (χ4n) is 4.38. The molecule has 0 saturated carbocycles. The van der Waals surface area contributed by atoms with E-state index in [1.807, 2.05) is 0 Å². The number of rotatable bonds is 3. The number of anilines is 2. The maximum atomic E-state index is 12.7. The van der Waals surface area contributed by atoms with Gasteiger partial charge in [-0.3, -0.25) is 4.21 Å². The van der Waals surface area contributed by atoms with Gasteiger partial charge in [0.15, 0.2) is 11.6 Å². The normalized spacial score (nSPS) is 22.9. The van der Waals surface area contributed by atoms with Gasteiger partial charge in [0.2, 0.25) is 5.95 Å². The molecule has 1 fully saturated rings. The predicted molar refractivity (Wildman–Crippen MR) is 128 cm³/mol. The Morgan fingerprint density at radius 2 is 1.77 bits per heavy atom. The fraction of sp³-hybridized carbons (Fsp3) is 0.524. The van der Waals surface area contributed by atoms with Gasteiger partial charge in [0, 0.05) is 50.7 Å². The Bertz CT molecular complexity index is 1050. The van der Waals surface area contributed by atoms with Crippen molar-refractivity contribution in [1.29, 1.82) is 0 Å². The third-order valence-electron chi connectivity index (χ3n) is 6.47. The lowest BCUT2D eigenvalue weighted by Gasteiger charge is -2.37. The molecule has 0 amide bonds. The number of aryl methyl sites for hydroxylation is 1. The monoisotopic (exact) mass is 474 g/mol. The summed E-state index contributed by atoms with van der Waals surface area (Å²) in [5.74, 6) is 3.06. The summed E-state index contributed by atoms with van der Waals surface area (Å²) in [6, 6.07) is 2.51. The molecule has 0 aromatic carbocycles. The summed E-state index contributed by atoms with van der Waals surface area (Å²) >= 11 is 5.91. The van der Waals surface area contributed by atoms with Gasteiger partial charge < -0.3 is 9.80 Å². The van der Waals surface area contributed by atoms with Gasteiger partial charge in [-0.05, 0) is 24.1 Å². The summed E-state index contributed by atoms with van der Waals surface area (Å²) < 4.78 is 12.7. The van der Waals surface area contributed by atoms with E-state index in [0.717, 1.165) is 66.2 Å². The summed E-state index contributed by atoms with van der Waals surface area (Å²) in [5.41, 5.74) is 2.09. The van der Waals surface area contributed by atoms with Crippen molar-refractivity contribution in [2.24, 2.45) is 0 Å². The first-order chi connectivity index (χ1) is 14.9. The van der Waals surface area contributed by atoms with Crippen molar-refractivity contribution in [3.8, 4) is 0 Å². The zero-order valence-electron chi connectivity index (χ0n) is 18.0. The maximum absolute atomic E-state index is 12.7. The Morgan fingerprint density at radius 1 is 1.03 bits per heavy atom. The van der Waals surface area contributed by atoms with Gasteiger partial charge >= 0.3 is 0 Å². The highest BCUT2D eigenvalue weighted by Gasteiger charge is 2.34. The SMILES string of the molecule is C[Si]1(C)CCN(c2nc(N3CC=C(c4ncc(Cl)cn4)CC3)nc3c2[S@@](=O)CC3)CC1. The van der Waals surface area contributed by atoms with Crippen LogP contribution in [0.25, 0.3) is 5.57 Å². The lowest BCUT2D eigenvalue weighted by molar-refractivity contribution is 0.683. The largest absolute Gasteiger partial charge is 0.356 e. The van der Waals surface area contributed by atoms with E-state index in [2.05, 4.69) is 38.9 Å². The van der Waals surface area contributed by atoms with E-state index >= 15 is 0 Å². The van der Waals surface area contributed by atoms with Crippen molar-refractivity contribution in [2.75, 3.05) is 41.7 Å². The molecule has 0 aliphatic carbocycles. The van der Waals surface area contributed by atoms with Gasteiger partial charge in [-0.2, -0.15) is 4.98 Å². The summed E-state index contributed by atoms with van der Waals surface area (Å²) in [5, 5.41) is 0.544.